The molecule has 0 radical (unpaired) electrons. The number of hydrogen-bond donors (Lipinski definition) is 0. The average Bonchev–Trinajstić information content (AvgIpc) is 3.10. The van der Waals surface area contributed by atoms with Gasteiger partial charge in [0.05, 0.1) is 5.41 Å². The summed E-state index contributed by atoms with van der Waals surface area (Å²) >= 11 is 3.76. The zero-order valence-corrected chi connectivity index (χ0v) is 18.2. The molecule has 0 atom stereocenters. The van der Waals surface area contributed by atoms with Crippen molar-refractivity contribution in [1.29, 1.82) is 0 Å². The molecular weight excluding hydrogens is 444 g/mol. The van der Waals surface area contributed by atoms with Gasteiger partial charge < -0.3 is 4.74 Å². The van der Waals surface area contributed by atoms with Crippen molar-refractivity contribution in [3.8, 4) is 22.6 Å². The molecule has 0 fully saturated rings. The molecule has 0 bridgehead atoms. The van der Waals surface area contributed by atoms with Crippen molar-refractivity contribution < 1.29 is 4.74 Å². The van der Waals surface area contributed by atoms with Gasteiger partial charge in [-0.1, -0.05) is 94.8 Å². The Kier molecular flexibility index (Phi) is 3.40. The van der Waals surface area contributed by atoms with Gasteiger partial charge in [-0.3, -0.25) is 0 Å². The molecule has 1 aliphatic heterocycles. The van der Waals surface area contributed by atoms with Crippen LogP contribution in [0.1, 0.15) is 22.3 Å². The Morgan fingerprint density at radius 3 is 2.03 bits per heavy atom. The van der Waals surface area contributed by atoms with Crippen molar-refractivity contribution in [2.45, 2.75) is 5.41 Å². The van der Waals surface area contributed by atoms with E-state index in [1.54, 1.807) is 0 Å². The topological polar surface area (TPSA) is 9.23 Å². The first-order chi connectivity index (χ1) is 15.3. The smallest absolute Gasteiger partial charge is 0.132 e. The fourth-order valence-electron chi connectivity index (χ4n) is 5.64. The summed E-state index contributed by atoms with van der Waals surface area (Å²) in [5.41, 5.74) is 7.22. The van der Waals surface area contributed by atoms with Crippen molar-refractivity contribution in [3.05, 3.63) is 130 Å². The Bertz CT molecular complexity index is 1490. The highest BCUT2D eigenvalue weighted by Gasteiger charge is 2.51. The Morgan fingerprint density at radius 2 is 1.26 bits per heavy atom. The van der Waals surface area contributed by atoms with Gasteiger partial charge in [0.15, 0.2) is 0 Å². The second-order valence-corrected chi connectivity index (χ2v) is 9.16. The van der Waals surface area contributed by atoms with Gasteiger partial charge in [-0.25, -0.2) is 0 Å². The Morgan fingerprint density at radius 1 is 0.581 bits per heavy atom. The molecule has 0 unspecified atom stereocenters. The van der Waals surface area contributed by atoms with E-state index in [4.69, 9.17) is 4.74 Å². The fraction of sp³-hybridized carbons (Fsp3) is 0.0345. The van der Waals surface area contributed by atoms with Crippen LogP contribution in [0.3, 0.4) is 0 Å². The van der Waals surface area contributed by atoms with E-state index in [0.717, 1.165) is 16.0 Å². The minimum absolute atomic E-state index is 0.413. The molecule has 1 spiro atoms. The van der Waals surface area contributed by atoms with E-state index in [9.17, 15) is 0 Å². The maximum Gasteiger partial charge on any atom is 0.132 e. The zero-order valence-electron chi connectivity index (χ0n) is 16.6. The van der Waals surface area contributed by atoms with Crippen LogP contribution in [0.5, 0.6) is 11.5 Å². The SMILES string of the molecule is Brc1ccc2c(c1)C1(c3ccccc3Oc3ccccc31)c1ccc3ccccc3c1-2. The molecular formula is C29H17BrO. The van der Waals surface area contributed by atoms with E-state index in [0.29, 0.717) is 0 Å². The standard InChI is InChI=1S/C29H17BrO/c30-19-14-15-21-25(17-19)29(24-16-13-18-7-1-2-8-20(18)28(21)24)22-9-3-5-11-26(22)31-27-12-6-4-10-23(27)29/h1-17H. The second kappa shape index (κ2) is 6.09. The minimum atomic E-state index is -0.413. The number of hydrogen-bond acceptors (Lipinski definition) is 1. The third kappa shape index (κ3) is 2.11. The van der Waals surface area contributed by atoms with Crippen molar-refractivity contribution in [2.24, 2.45) is 0 Å². The summed E-state index contributed by atoms with van der Waals surface area (Å²) in [5.74, 6) is 1.85. The van der Waals surface area contributed by atoms with Crippen LogP contribution in [0.2, 0.25) is 0 Å². The van der Waals surface area contributed by atoms with Gasteiger partial charge in [-0.2, -0.15) is 0 Å². The highest BCUT2D eigenvalue weighted by molar-refractivity contribution is 9.10. The van der Waals surface area contributed by atoms with Gasteiger partial charge in [0.25, 0.3) is 0 Å². The van der Waals surface area contributed by atoms with Crippen LogP contribution in [0.15, 0.2) is 108 Å². The number of halogens is 1. The highest BCUT2D eigenvalue weighted by atomic mass is 79.9. The maximum atomic E-state index is 6.40. The molecule has 2 heteroatoms. The molecule has 2 aliphatic rings. The van der Waals surface area contributed by atoms with E-state index in [-0.39, 0.29) is 0 Å². The summed E-state index contributed by atoms with van der Waals surface area (Å²) in [5, 5.41) is 2.56. The summed E-state index contributed by atoms with van der Waals surface area (Å²) in [7, 11) is 0. The van der Waals surface area contributed by atoms with E-state index in [1.807, 2.05) is 0 Å². The van der Waals surface area contributed by atoms with Crippen LogP contribution in [-0.4, -0.2) is 0 Å². The first-order valence-electron chi connectivity index (χ1n) is 10.5. The van der Waals surface area contributed by atoms with Crippen LogP contribution < -0.4 is 4.74 Å². The highest BCUT2D eigenvalue weighted by Crippen LogP contribution is 2.63. The number of ether oxygens (including phenoxy) is 1. The molecule has 5 aromatic rings. The molecule has 5 aromatic carbocycles. The summed E-state index contributed by atoms with van der Waals surface area (Å²) in [6.45, 7) is 0. The molecule has 0 N–H and O–H groups in total. The van der Waals surface area contributed by atoms with Gasteiger partial charge in [0.1, 0.15) is 11.5 Å². The van der Waals surface area contributed by atoms with Crippen molar-refractivity contribution in [1.82, 2.24) is 0 Å². The van der Waals surface area contributed by atoms with Gasteiger partial charge in [0, 0.05) is 15.6 Å². The van der Waals surface area contributed by atoms with Crippen LogP contribution in [0.25, 0.3) is 21.9 Å². The molecule has 0 saturated heterocycles. The molecule has 1 heterocycles. The molecule has 146 valence electrons. The molecule has 0 aromatic heterocycles. The van der Waals surface area contributed by atoms with Crippen LogP contribution in [-0.2, 0) is 5.41 Å². The minimum Gasteiger partial charge on any atom is -0.457 e. The van der Waals surface area contributed by atoms with E-state index >= 15 is 0 Å². The lowest BCUT2D eigenvalue weighted by Crippen LogP contribution is -2.32. The van der Waals surface area contributed by atoms with Crippen molar-refractivity contribution >= 4 is 26.7 Å². The Hall–Kier alpha value is -3.36. The largest absolute Gasteiger partial charge is 0.457 e. The molecule has 1 aliphatic carbocycles. The first-order valence-corrected chi connectivity index (χ1v) is 11.3. The molecule has 7 rings (SSSR count). The first kappa shape index (κ1) is 17.3. The molecule has 0 saturated carbocycles. The second-order valence-electron chi connectivity index (χ2n) is 8.24. The van der Waals surface area contributed by atoms with E-state index in [2.05, 4.69) is 119 Å². The van der Waals surface area contributed by atoms with Crippen molar-refractivity contribution in [2.75, 3.05) is 0 Å². The lowest BCUT2D eigenvalue weighted by molar-refractivity contribution is 0.436. The monoisotopic (exact) mass is 460 g/mol. The van der Waals surface area contributed by atoms with Gasteiger partial charge in [-0.05, 0) is 57.3 Å². The van der Waals surface area contributed by atoms with Crippen LogP contribution in [0.4, 0.5) is 0 Å². The third-order valence-corrected chi connectivity index (χ3v) is 7.28. The van der Waals surface area contributed by atoms with E-state index < -0.39 is 5.41 Å². The summed E-state index contributed by atoms with van der Waals surface area (Å²) in [6.07, 6.45) is 0. The third-order valence-electron chi connectivity index (χ3n) is 6.79. The van der Waals surface area contributed by atoms with Gasteiger partial charge in [-0.15, -0.1) is 0 Å². The van der Waals surface area contributed by atoms with Crippen LogP contribution in [0, 0.1) is 0 Å². The number of benzene rings is 5. The van der Waals surface area contributed by atoms with Crippen LogP contribution >= 0.6 is 15.9 Å². The van der Waals surface area contributed by atoms with Gasteiger partial charge >= 0.3 is 0 Å². The molecule has 0 amide bonds. The molecule has 31 heavy (non-hydrogen) atoms. The Labute approximate surface area is 189 Å². The predicted molar refractivity (Wildman–Crippen MR) is 129 cm³/mol. The van der Waals surface area contributed by atoms with E-state index in [1.165, 1.54) is 44.2 Å². The number of rotatable bonds is 0. The average molecular weight is 461 g/mol. The van der Waals surface area contributed by atoms with Crippen molar-refractivity contribution in [3.63, 3.8) is 0 Å². The quantitative estimate of drug-likeness (QED) is 0.222. The number of para-hydroxylation sites is 2. The lowest BCUT2D eigenvalue weighted by atomic mass is 9.66. The van der Waals surface area contributed by atoms with Gasteiger partial charge in [0.2, 0.25) is 0 Å². The Balaban J connectivity index is 1.75. The lowest BCUT2D eigenvalue weighted by Gasteiger charge is -2.39. The zero-order chi connectivity index (χ0) is 20.6. The number of fused-ring (bicyclic) bond motifs is 11. The molecule has 1 nitrogen and oxygen atoms in total. The maximum absolute atomic E-state index is 6.40. The predicted octanol–water partition coefficient (Wildman–Crippen LogP) is 8.07. The normalized spacial score (nSPS) is 14.5. The summed E-state index contributed by atoms with van der Waals surface area (Å²) in [4.78, 5) is 0. The summed E-state index contributed by atoms with van der Waals surface area (Å²) < 4.78 is 7.49. The fourth-order valence-corrected chi connectivity index (χ4v) is 6.00. The summed E-state index contributed by atoms with van der Waals surface area (Å²) in [6, 6.07) is 37.0.